The molecule has 1 aromatic rings. The zero-order valence-corrected chi connectivity index (χ0v) is 12.0. The molecular weight excluding hydrogens is 258 g/mol. The molecular formula is C15H21NO4. The fourth-order valence-electron chi connectivity index (χ4n) is 2.17. The lowest BCUT2D eigenvalue weighted by atomic mass is 10.2. The lowest BCUT2D eigenvalue weighted by Crippen LogP contribution is -2.41. The zero-order chi connectivity index (χ0) is 14.4. The molecule has 0 saturated carbocycles. The number of esters is 1. The van der Waals surface area contributed by atoms with Gasteiger partial charge in [0.15, 0.2) is 11.5 Å². The van der Waals surface area contributed by atoms with Gasteiger partial charge in [-0.15, -0.1) is 0 Å². The second-order valence-corrected chi connectivity index (χ2v) is 4.72. The molecule has 5 heteroatoms. The molecule has 20 heavy (non-hydrogen) atoms. The van der Waals surface area contributed by atoms with E-state index in [0.29, 0.717) is 19.6 Å². The van der Waals surface area contributed by atoms with E-state index in [1.165, 1.54) is 7.11 Å². The Hall–Kier alpha value is -1.75. The molecule has 0 fully saturated rings. The zero-order valence-electron chi connectivity index (χ0n) is 12.0. The van der Waals surface area contributed by atoms with Crippen molar-refractivity contribution in [2.45, 2.75) is 19.4 Å². The summed E-state index contributed by atoms with van der Waals surface area (Å²) in [5.41, 5.74) is 0. The van der Waals surface area contributed by atoms with Crippen molar-refractivity contribution in [1.29, 1.82) is 0 Å². The fraction of sp³-hybridized carbons (Fsp3) is 0.533. The monoisotopic (exact) mass is 279 g/mol. The first kappa shape index (κ1) is 14.7. The van der Waals surface area contributed by atoms with Crippen molar-refractivity contribution in [3.8, 4) is 11.5 Å². The molecule has 0 saturated heterocycles. The Bertz CT molecular complexity index is 449. The molecule has 1 aliphatic heterocycles. The summed E-state index contributed by atoms with van der Waals surface area (Å²) in [7, 11) is 1.41. The minimum atomic E-state index is -0.186. The van der Waals surface area contributed by atoms with Crippen LogP contribution < -0.4 is 9.47 Å². The van der Waals surface area contributed by atoms with Crippen LogP contribution in [0.1, 0.15) is 13.3 Å². The maximum absolute atomic E-state index is 11.2. The van der Waals surface area contributed by atoms with Gasteiger partial charge in [0.25, 0.3) is 0 Å². The molecule has 0 bridgehead atoms. The van der Waals surface area contributed by atoms with E-state index in [9.17, 15) is 4.79 Å². The molecule has 0 N–H and O–H groups in total. The van der Waals surface area contributed by atoms with Gasteiger partial charge in [-0.25, -0.2) is 0 Å². The van der Waals surface area contributed by atoms with Crippen LogP contribution in [0.25, 0.3) is 0 Å². The molecule has 1 aromatic carbocycles. The molecule has 1 atom stereocenters. The summed E-state index contributed by atoms with van der Waals surface area (Å²) in [4.78, 5) is 13.3. The molecule has 0 spiro atoms. The van der Waals surface area contributed by atoms with E-state index < -0.39 is 0 Å². The maximum atomic E-state index is 11.2. The van der Waals surface area contributed by atoms with E-state index in [0.717, 1.165) is 24.6 Å². The fourth-order valence-corrected chi connectivity index (χ4v) is 2.17. The van der Waals surface area contributed by atoms with Gasteiger partial charge in [-0.2, -0.15) is 0 Å². The number of rotatable bonds is 6. The van der Waals surface area contributed by atoms with Gasteiger partial charge in [-0.1, -0.05) is 19.1 Å². The molecule has 1 unspecified atom stereocenters. The number of benzene rings is 1. The third kappa shape index (κ3) is 3.87. The number of nitrogens with zero attached hydrogens (tertiary/aromatic N) is 1. The SMILES string of the molecule is CCN(CCC(=O)OC)CC1COc2ccccc2O1. The highest BCUT2D eigenvalue weighted by Crippen LogP contribution is 2.30. The first-order valence-corrected chi connectivity index (χ1v) is 6.90. The average Bonchev–Trinajstić information content (AvgIpc) is 2.50. The van der Waals surface area contributed by atoms with Crippen LogP contribution in [-0.2, 0) is 9.53 Å². The Morgan fingerprint density at radius 3 is 2.85 bits per heavy atom. The van der Waals surface area contributed by atoms with Crippen LogP contribution in [0, 0.1) is 0 Å². The van der Waals surface area contributed by atoms with Gasteiger partial charge in [0.2, 0.25) is 0 Å². The van der Waals surface area contributed by atoms with Gasteiger partial charge < -0.3 is 14.2 Å². The summed E-state index contributed by atoms with van der Waals surface area (Å²) in [6.45, 7) is 4.87. The molecule has 110 valence electrons. The molecule has 1 aliphatic rings. The number of carbonyl (C=O) groups excluding carboxylic acids is 1. The van der Waals surface area contributed by atoms with Crippen LogP contribution >= 0.6 is 0 Å². The van der Waals surface area contributed by atoms with E-state index in [4.69, 9.17) is 9.47 Å². The van der Waals surface area contributed by atoms with Crippen LogP contribution in [0.2, 0.25) is 0 Å². The highest BCUT2D eigenvalue weighted by Gasteiger charge is 2.22. The average molecular weight is 279 g/mol. The van der Waals surface area contributed by atoms with Crippen molar-refractivity contribution >= 4 is 5.97 Å². The normalized spacial score (nSPS) is 17.1. The number of likely N-dealkylation sites (N-methyl/N-ethyl adjacent to an activating group) is 1. The van der Waals surface area contributed by atoms with Gasteiger partial charge in [0.05, 0.1) is 13.5 Å². The standard InChI is InChI=1S/C15H21NO4/c1-3-16(9-8-15(17)18-2)10-12-11-19-13-6-4-5-7-14(13)20-12/h4-7,12H,3,8-11H2,1-2H3. The van der Waals surface area contributed by atoms with Crippen LogP contribution in [0.15, 0.2) is 24.3 Å². The summed E-state index contributed by atoms with van der Waals surface area (Å²) in [6.07, 6.45) is 0.386. The predicted octanol–water partition coefficient (Wildman–Crippen LogP) is 1.71. The number of ether oxygens (including phenoxy) is 3. The lowest BCUT2D eigenvalue weighted by molar-refractivity contribution is -0.141. The van der Waals surface area contributed by atoms with E-state index in [-0.39, 0.29) is 12.1 Å². The number of hydrogen-bond acceptors (Lipinski definition) is 5. The third-order valence-electron chi connectivity index (χ3n) is 3.34. The smallest absolute Gasteiger partial charge is 0.306 e. The van der Waals surface area contributed by atoms with Gasteiger partial charge in [0.1, 0.15) is 12.7 Å². The highest BCUT2D eigenvalue weighted by atomic mass is 16.6. The summed E-state index contributed by atoms with van der Waals surface area (Å²) in [5.74, 6) is 1.39. The summed E-state index contributed by atoms with van der Waals surface area (Å²) in [6, 6.07) is 7.67. The molecule has 0 amide bonds. The second-order valence-electron chi connectivity index (χ2n) is 4.72. The van der Waals surface area contributed by atoms with Crippen LogP contribution in [-0.4, -0.2) is 50.3 Å². The number of para-hydroxylation sites is 2. The van der Waals surface area contributed by atoms with Crippen molar-refractivity contribution in [3.05, 3.63) is 24.3 Å². The van der Waals surface area contributed by atoms with Crippen molar-refractivity contribution in [2.24, 2.45) is 0 Å². The molecule has 5 nitrogen and oxygen atoms in total. The van der Waals surface area contributed by atoms with Crippen molar-refractivity contribution < 1.29 is 19.0 Å². The maximum Gasteiger partial charge on any atom is 0.306 e. The molecule has 0 radical (unpaired) electrons. The Kier molecular flexibility index (Phi) is 5.24. The number of methoxy groups -OCH3 is 1. The van der Waals surface area contributed by atoms with Gasteiger partial charge in [0, 0.05) is 13.1 Å². The Morgan fingerprint density at radius 1 is 1.40 bits per heavy atom. The lowest BCUT2D eigenvalue weighted by Gasteiger charge is -2.30. The molecule has 1 heterocycles. The first-order valence-electron chi connectivity index (χ1n) is 6.90. The third-order valence-corrected chi connectivity index (χ3v) is 3.34. The minimum Gasteiger partial charge on any atom is -0.486 e. The first-order chi connectivity index (χ1) is 9.72. The Balaban J connectivity index is 1.85. The molecule has 0 aromatic heterocycles. The van der Waals surface area contributed by atoms with Crippen molar-refractivity contribution in [1.82, 2.24) is 4.90 Å². The van der Waals surface area contributed by atoms with E-state index in [1.54, 1.807) is 0 Å². The number of carbonyl (C=O) groups is 1. The number of fused-ring (bicyclic) bond motifs is 1. The Morgan fingerprint density at radius 2 is 2.15 bits per heavy atom. The van der Waals surface area contributed by atoms with Crippen LogP contribution in [0.5, 0.6) is 11.5 Å². The van der Waals surface area contributed by atoms with Gasteiger partial charge >= 0.3 is 5.97 Å². The second kappa shape index (κ2) is 7.14. The van der Waals surface area contributed by atoms with Gasteiger partial charge in [-0.05, 0) is 18.7 Å². The molecule has 2 rings (SSSR count). The highest BCUT2D eigenvalue weighted by molar-refractivity contribution is 5.69. The quantitative estimate of drug-likeness (QED) is 0.742. The van der Waals surface area contributed by atoms with Crippen molar-refractivity contribution in [2.75, 3.05) is 33.4 Å². The summed E-state index contributed by atoms with van der Waals surface area (Å²) in [5, 5.41) is 0. The topological polar surface area (TPSA) is 48.0 Å². The van der Waals surface area contributed by atoms with E-state index in [2.05, 4.69) is 16.6 Å². The van der Waals surface area contributed by atoms with Gasteiger partial charge in [-0.3, -0.25) is 9.69 Å². The Labute approximate surface area is 119 Å². The summed E-state index contributed by atoms with van der Waals surface area (Å²) < 4.78 is 16.3. The van der Waals surface area contributed by atoms with Crippen LogP contribution in [0.4, 0.5) is 0 Å². The summed E-state index contributed by atoms with van der Waals surface area (Å²) >= 11 is 0. The van der Waals surface area contributed by atoms with E-state index in [1.807, 2.05) is 24.3 Å². The van der Waals surface area contributed by atoms with Crippen LogP contribution in [0.3, 0.4) is 0 Å². The number of hydrogen-bond donors (Lipinski definition) is 0. The van der Waals surface area contributed by atoms with Crippen molar-refractivity contribution in [3.63, 3.8) is 0 Å². The largest absolute Gasteiger partial charge is 0.486 e. The minimum absolute atomic E-state index is 0.0116. The van der Waals surface area contributed by atoms with E-state index >= 15 is 0 Å². The predicted molar refractivity (Wildman–Crippen MR) is 75.1 cm³/mol. The molecule has 0 aliphatic carbocycles.